The molecule has 1 fully saturated rings. The predicted octanol–water partition coefficient (Wildman–Crippen LogP) is 0.375. The second kappa shape index (κ2) is 6.62. The number of nitrogens with zero attached hydrogens (tertiary/aromatic N) is 4. The number of urea groups is 1. The van der Waals surface area contributed by atoms with Crippen molar-refractivity contribution in [2.75, 3.05) is 26.9 Å². The monoisotopic (exact) mass is 309 g/mol. The Labute approximate surface area is 129 Å². The van der Waals surface area contributed by atoms with E-state index in [2.05, 4.69) is 22.4 Å². The van der Waals surface area contributed by atoms with Gasteiger partial charge in [0, 0.05) is 32.8 Å². The summed E-state index contributed by atoms with van der Waals surface area (Å²) >= 11 is 0. The van der Waals surface area contributed by atoms with Crippen molar-refractivity contribution < 1.29 is 14.3 Å². The second-order valence-corrected chi connectivity index (χ2v) is 5.94. The van der Waals surface area contributed by atoms with Gasteiger partial charge >= 0.3 is 6.03 Å². The molecule has 2 unspecified atom stereocenters. The van der Waals surface area contributed by atoms with Crippen LogP contribution in [0.2, 0.25) is 0 Å². The van der Waals surface area contributed by atoms with E-state index >= 15 is 0 Å². The first-order valence-corrected chi connectivity index (χ1v) is 7.72. The van der Waals surface area contributed by atoms with Crippen LogP contribution in [-0.4, -0.2) is 58.6 Å². The molecule has 8 heteroatoms. The molecule has 3 rings (SSSR count). The van der Waals surface area contributed by atoms with Gasteiger partial charge in [-0.25, -0.2) is 4.79 Å². The van der Waals surface area contributed by atoms with Gasteiger partial charge in [0.15, 0.2) is 11.6 Å². The van der Waals surface area contributed by atoms with Crippen molar-refractivity contribution in [1.29, 1.82) is 0 Å². The summed E-state index contributed by atoms with van der Waals surface area (Å²) in [6.45, 7) is 5.82. The summed E-state index contributed by atoms with van der Waals surface area (Å²) in [7, 11) is 1.64. The molecule has 1 N–H and O–H groups in total. The number of hydrogen-bond donors (Lipinski definition) is 1. The minimum absolute atomic E-state index is 0.0266. The number of carbonyl (C=O) groups excluding carboxylic acids is 1. The molecule has 0 bridgehead atoms. The molecule has 22 heavy (non-hydrogen) atoms. The van der Waals surface area contributed by atoms with E-state index in [0.29, 0.717) is 45.4 Å². The maximum atomic E-state index is 12.4. The Morgan fingerprint density at radius 3 is 3.09 bits per heavy atom. The standard InChI is InChI=1S/C14H23N5O3/c1-10-8-22-6-3-11(10)15-14(20)18-4-5-19-12(7-18)16-17-13(19)9-21-2/h10-11H,3-9H2,1-2H3,(H,15,20). The van der Waals surface area contributed by atoms with Gasteiger partial charge in [-0.05, 0) is 12.3 Å². The molecule has 1 aromatic rings. The van der Waals surface area contributed by atoms with Gasteiger partial charge in [0.1, 0.15) is 6.61 Å². The lowest BCUT2D eigenvalue weighted by molar-refractivity contribution is 0.0398. The predicted molar refractivity (Wildman–Crippen MR) is 78.1 cm³/mol. The highest BCUT2D eigenvalue weighted by atomic mass is 16.5. The van der Waals surface area contributed by atoms with Gasteiger partial charge in [-0.3, -0.25) is 0 Å². The quantitative estimate of drug-likeness (QED) is 0.872. The number of rotatable bonds is 3. The highest BCUT2D eigenvalue weighted by Crippen LogP contribution is 2.16. The molecule has 1 aromatic heterocycles. The van der Waals surface area contributed by atoms with Gasteiger partial charge < -0.3 is 24.3 Å². The molecular formula is C14H23N5O3. The number of amides is 2. The molecule has 0 saturated carbocycles. The number of ether oxygens (including phenoxy) is 2. The van der Waals surface area contributed by atoms with E-state index < -0.39 is 0 Å². The summed E-state index contributed by atoms with van der Waals surface area (Å²) in [5, 5.41) is 11.4. The van der Waals surface area contributed by atoms with Gasteiger partial charge in [-0.15, -0.1) is 10.2 Å². The fourth-order valence-electron chi connectivity index (χ4n) is 2.97. The molecule has 122 valence electrons. The summed E-state index contributed by atoms with van der Waals surface area (Å²) < 4.78 is 12.6. The zero-order chi connectivity index (χ0) is 15.5. The van der Waals surface area contributed by atoms with Crippen molar-refractivity contribution in [3.05, 3.63) is 11.6 Å². The molecule has 2 aliphatic rings. The van der Waals surface area contributed by atoms with Gasteiger partial charge in [0.25, 0.3) is 0 Å². The topological polar surface area (TPSA) is 81.5 Å². The van der Waals surface area contributed by atoms with Crippen LogP contribution in [-0.2, 0) is 29.2 Å². The Kier molecular flexibility index (Phi) is 4.58. The fraction of sp³-hybridized carbons (Fsp3) is 0.786. The molecule has 0 spiro atoms. The van der Waals surface area contributed by atoms with Crippen molar-refractivity contribution in [2.45, 2.75) is 39.1 Å². The SMILES string of the molecule is COCc1nnc2n1CCN(C(=O)NC1CCOCC1C)C2. The molecule has 1 saturated heterocycles. The Hall–Kier alpha value is -1.67. The summed E-state index contributed by atoms with van der Waals surface area (Å²) in [6, 6.07) is 0.159. The average Bonchev–Trinajstić information content (AvgIpc) is 2.92. The highest BCUT2D eigenvalue weighted by Gasteiger charge is 2.28. The smallest absolute Gasteiger partial charge is 0.318 e. The molecule has 0 aromatic carbocycles. The fourth-order valence-corrected chi connectivity index (χ4v) is 2.97. The number of carbonyl (C=O) groups is 1. The van der Waals surface area contributed by atoms with Crippen molar-refractivity contribution in [1.82, 2.24) is 25.0 Å². The van der Waals surface area contributed by atoms with E-state index in [9.17, 15) is 4.79 Å². The van der Waals surface area contributed by atoms with Crippen LogP contribution in [0.25, 0.3) is 0 Å². The number of hydrogen-bond acceptors (Lipinski definition) is 5. The van der Waals surface area contributed by atoms with E-state index in [0.717, 1.165) is 18.1 Å². The summed E-state index contributed by atoms with van der Waals surface area (Å²) in [5.41, 5.74) is 0. The minimum Gasteiger partial charge on any atom is -0.381 e. The van der Waals surface area contributed by atoms with Crippen LogP contribution in [0.1, 0.15) is 25.0 Å². The first-order valence-electron chi connectivity index (χ1n) is 7.72. The Morgan fingerprint density at radius 1 is 1.45 bits per heavy atom. The van der Waals surface area contributed by atoms with Crippen LogP contribution < -0.4 is 5.32 Å². The van der Waals surface area contributed by atoms with E-state index in [1.165, 1.54) is 0 Å². The lowest BCUT2D eigenvalue weighted by Crippen LogP contribution is -2.51. The zero-order valence-electron chi connectivity index (χ0n) is 13.1. The maximum absolute atomic E-state index is 12.4. The molecule has 0 aliphatic carbocycles. The van der Waals surface area contributed by atoms with Crippen LogP contribution in [0.3, 0.4) is 0 Å². The molecule has 8 nitrogen and oxygen atoms in total. The summed E-state index contributed by atoms with van der Waals surface area (Å²) in [6.07, 6.45) is 0.870. The second-order valence-electron chi connectivity index (χ2n) is 5.94. The van der Waals surface area contributed by atoms with Gasteiger partial charge in [-0.2, -0.15) is 0 Å². The first kappa shape index (κ1) is 15.2. The van der Waals surface area contributed by atoms with Crippen molar-refractivity contribution in [3.63, 3.8) is 0 Å². The van der Waals surface area contributed by atoms with Crippen molar-refractivity contribution in [2.24, 2.45) is 5.92 Å². The summed E-state index contributed by atoms with van der Waals surface area (Å²) in [5.74, 6) is 1.98. The van der Waals surface area contributed by atoms with Gasteiger partial charge in [0.2, 0.25) is 0 Å². The average molecular weight is 309 g/mol. The largest absolute Gasteiger partial charge is 0.381 e. The molecule has 2 amide bonds. The first-order chi connectivity index (χ1) is 10.7. The lowest BCUT2D eigenvalue weighted by atomic mass is 9.98. The van der Waals surface area contributed by atoms with Crippen LogP contribution in [0.15, 0.2) is 0 Å². The normalized spacial score (nSPS) is 24.9. The number of aromatic nitrogens is 3. The van der Waals surface area contributed by atoms with Crippen molar-refractivity contribution >= 4 is 6.03 Å². The van der Waals surface area contributed by atoms with Gasteiger partial charge in [-0.1, -0.05) is 6.92 Å². The van der Waals surface area contributed by atoms with E-state index in [4.69, 9.17) is 9.47 Å². The van der Waals surface area contributed by atoms with Gasteiger partial charge in [0.05, 0.1) is 13.2 Å². The number of methoxy groups -OCH3 is 1. The number of nitrogens with one attached hydrogen (secondary N) is 1. The van der Waals surface area contributed by atoms with E-state index in [-0.39, 0.29) is 12.1 Å². The molecule has 0 radical (unpaired) electrons. The maximum Gasteiger partial charge on any atom is 0.318 e. The van der Waals surface area contributed by atoms with E-state index in [1.54, 1.807) is 12.0 Å². The third kappa shape index (κ3) is 3.07. The van der Waals surface area contributed by atoms with E-state index in [1.807, 2.05) is 4.57 Å². The minimum atomic E-state index is -0.0266. The Balaban J connectivity index is 1.60. The molecule has 3 heterocycles. The Morgan fingerprint density at radius 2 is 2.32 bits per heavy atom. The Bertz CT molecular complexity index is 533. The van der Waals surface area contributed by atoms with Crippen LogP contribution in [0.5, 0.6) is 0 Å². The third-order valence-corrected chi connectivity index (χ3v) is 4.34. The van der Waals surface area contributed by atoms with Crippen LogP contribution in [0, 0.1) is 5.92 Å². The third-order valence-electron chi connectivity index (χ3n) is 4.34. The lowest BCUT2D eigenvalue weighted by Gasteiger charge is -2.33. The molecular weight excluding hydrogens is 286 g/mol. The highest BCUT2D eigenvalue weighted by molar-refractivity contribution is 5.74. The van der Waals surface area contributed by atoms with Crippen LogP contribution in [0.4, 0.5) is 4.79 Å². The molecule has 2 atom stereocenters. The van der Waals surface area contributed by atoms with Crippen LogP contribution >= 0.6 is 0 Å². The summed E-state index contributed by atoms with van der Waals surface area (Å²) in [4.78, 5) is 14.2. The van der Waals surface area contributed by atoms with Crippen molar-refractivity contribution in [3.8, 4) is 0 Å². The number of fused-ring (bicyclic) bond motifs is 1. The zero-order valence-corrected chi connectivity index (χ0v) is 13.1. The molecule has 2 aliphatic heterocycles.